The molecular formula is C23H24N4O4. The number of aryl methyl sites for hydroxylation is 1. The number of urea groups is 1. The Hall–Kier alpha value is -3.42. The summed E-state index contributed by atoms with van der Waals surface area (Å²) in [6.45, 7) is 3.40. The van der Waals surface area contributed by atoms with Crippen molar-refractivity contribution in [1.82, 2.24) is 15.2 Å². The van der Waals surface area contributed by atoms with Crippen LogP contribution >= 0.6 is 0 Å². The number of furan rings is 1. The van der Waals surface area contributed by atoms with Gasteiger partial charge in [-0.05, 0) is 50.3 Å². The average Bonchev–Trinajstić information content (AvgIpc) is 3.22. The van der Waals surface area contributed by atoms with Crippen LogP contribution in [0.15, 0.2) is 52.2 Å². The van der Waals surface area contributed by atoms with Crippen molar-refractivity contribution in [2.75, 3.05) is 6.54 Å². The highest BCUT2D eigenvalue weighted by atomic mass is 16.3. The Balaban J connectivity index is 1.40. The van der Waals surface area contributed by atoms with Gasteiger partial charge in [-0.15, -0.1) is 0 Å². The summed E-state index contributed by atoms with van der Waals surface area (Å²) in [5.41, 5.74) is 1.90. The van der Waals surface area contributed by atoms with Crippen molar-refractivity contribution in [3.8, 4) is 0 Å². The SMILES string of the molecule is Cc1ccc(C2=NN(C(=O)CN3C(=O)N[C@@](C)(C4CC4)C3=O)[C@H](c3ccco3)C2)cc1. The number of imide groups is 1. The Kier molecular flexibility index (Phi) is 4.46. The summed E-state index contributed by atoms with van der Waals surface area (Å²) >= 11 is 0. The Morgan fingerprint density at radius 3 is 2.61 bits per heavy atom. The van der Waals surface area contributed by atoms with Gasteiger partial charge in [0.15, 0.2) is 0 Å². The first kappa shape index (κ1) is 19.5. The van der Waals surface area contributed by atoms with Crippen molar-refractivity contribution >= 4 is 23.6 Å². The zero-order valence-electron chi connectivity index (χ0n) is 17.5. The predicted molar refractivity (Wildman–Crippen MR) is 112 cm³/mol. The van der Waals surface area contributed by atoms with Gasteiger partial charge in [0.1, 0.15) is 23.9 Å². The van der Waals surface area contributed by atoms with Crippen LogP contribution in [-0.2, 0) is 9.59 Å². The number of amides is 4. The molecule has 1 saturated heterocycles. The lowest BCUT2D eigenvalue weighted by Gasteiger charge is -2.23. The van der Waals surface area contributed by atoms with E-state index in [0.717, 1.165) is 34.6 Å². The summed E-state index contributed by atoms with van der Waals surface area (Å²) in [5.74, 6) is -0.0195. The maximum Gasteiger partial charge on any atom is 0.325 e. The third kappa shape index (κ3) is 3.32. The van der Waals surface area contributed by atoms with Crippen LogP contribution in [0.1, 0.15) is 49.1 Å². The molecule has 1 aromatic carbocycles. The first-order valence-corrected chi connectivity index (χ1v) is 10.5. The molecule has 2 aromatic rings. The molecule has 0 unspecified atom stereocenters. The molecule has 2 atom stereocenters. The number of nitrogens with one attached hydrogen (secondary N) is 1. The van der Waals surface area contributed by atoms with Gasteiger partial charge in [0.05, 0.1) is 12.0 Å². The maximum atomic E-state index is 13.2. The van der Waals surface area contributed by atoms with Gasteiger partial charge in [-0.1, -0.05) is 29.8 Å². The van der Waals surface area contributed by atoms with Gasteiger partial charge in [-0.25, -0.2) is 9.80 Å². The topological polar surface area (TPSA) is 95.2 Å². The molecule has 8 heteroatoms. The Labute approximate surface area is 179 Å². The molecule has 2 aliphatic heterocycles. The fourth-order valence-electron chi connectivity index (χ4n) is 4.37. The summed E-state index contributed by atoms with van der Waals surface area (Å²) in [7, 11) is 0. The number of carbonyl (C=O) groups is 3. The molecule has 3 heterocycles. The fraction of sp³-hybridized carbons (Fsp3) is 0.391. The molecule has 0 spiro atoms. The summed E-state index contributed by atoms with van der Waals surface area (Å²) in [6, 6.07) is 10.6. The summed E-state index contributed by atoms with van der Waals surface area (Å²) in [4.78, 5) is 39.6. The third-order valence-electron chi connectivity index (χ3n) is 6.41. The number of hydrogen-bond acceptors (Lipinski definition) is 5. The van der Waals surface area contributed by atoms with Crippen LogP contribution in [0, 0.1) is 12.8 Å². The van der Waals surface area contributed by atoms with Crippen LogP contribution in [0.5, 0.6) is 0 Å². The largest absolute Gasteiger partial charge is 0.467 e. The molecule has 1 N–H and O–H groups in total. The molecule has 8 nitrogen and oxygen atoms in total. The van der Waals surface area contributed by atoms with Crippen LogP contribution in [0.4, 0.5) is 4.79 Å². The second-order valence-electron chi connectivity index (χ2n) is 8.68. The first-order chi connectivity index (χ1) is 14.9. The molecule has 4 amide bonds. The van der Waals surface area contributed by atoms with Crippen molar-refractivity contribution in [2.24, 2.45) is 11.0 Å². The highest BCUT2D eigenvalue weighted by Crippen LogP contribution is 2.42. The third-order valence-corrected chi connectivity index (χ3v) is 6.41. The van der Waals surface area contributed by atoms with Gasteiger partial charge in [-0.2, -0.15) is 5.10 Å². The van der Waals surface area contributed by atoms with E-state index in [1.807, 2.05) is 31.2 Å². The summed E-state index contributed by atoms with van der Waals surface area (Å²) in [6.07, 6.45) is 3.85. The van der Waals surface area contributed by atoms with Crippen LogP contribution in [0.3, 0.4) is 0 Å². The molecule has 1 aromatic heterocycles. The van der Waals surface area contributed by atoms with E-state index in [4.69, 9.17) is 4.42 Å². The fourth-order valence-corrected chi connectivity index (χ4v) is 4.37. The highest BCUT2D eigenvalue weighted by molar-refractivity contribution is 6.09. The second-order valence-corrected chi connectivity index (χ2v) is 8.68. The normalized spacial score (nSPS) is 25.7. The van der Waals surface area contributed by atoms with E-state index in [1.165, 1.54) is 5.01 Å². The number of hydrazone groups is 1. The van der Waals surface area contributed by atoms with Crippen molar-refractivity contribution in [3.05, 3.63) is 59.5 Å². The van der Waals surface area contributed by atoms with Crippen molar-refractivity contribution < 1.29 is 18.8 Å². The lowest BCUT2D eigenvalue weighted by molar-refractivity contribution is -0.140. The standard InChI is InChI=1S/C23H24N4O4/c1-14-5-7-15(8-6-14)17-12-18(19-4-3-11-31-19)27(25-17)20(28)13-26-21(29)23(2,16-9-10-16)24-22(26)30/h3-8,11,16,18H,9-10,12-13H2,1-2H3,(H,24,30)/t18-,23-/m0/s1. The molecule has 160 valence electrons. The number of nitrogens with zero attached hydrogens (tertiary/aromatic N) is 3. The lowest BCUT2D eigenvalue weighted by atomic mass is 9.96. The summed E-state index contributed by atoms with van der Waals surface area (Å²) < 4.78 is 5.56. The molecule has 31 heavy (non-hydrogen) atoms. The average molecular weight is 420 g/mol. The van der Waals surface area contributed by atoms with E-state index in [1.54, 1.807) is 25.3 Å². The summed E-state index contributed by atoms with van der Waals surface area (Å²) in [5, 5.41) is 8.70. The van der Waals surface area contributed by atoms with Crippen molar-refractivity contribution in [2.45, 2.75) is 44.7 Å². The van der Waals surface area contributed by atoms with E-state index >= 15 is 0 Å². The number of carbonyl (C=O) groups excluding carboxylic acids is 3. The maximum absolute atomic E-state index is 13.2. The monoisotopic (exact) mass is 420 g/mol. The van der Waals surface area contributed by atoms with Crippen LogP contribution in [0.25, 0.3) is 0 Å². The predicted octanol–water partition coefficient (Wildman–Crippen LogP) is 2.99. The van der Waals surface area contributed by atoms with E-state index in [0.29, 0.717) is 12.2 Å². The smallest absolute Gasteiger partial charge is 0.325 e. The van der Waals surface area contributed by atoms with Gasteiger partial charge in [-0.3, -0.25) is 14.5 Å². The lowest BCUT2D eigenvalue weighted by Crippen LogP contribution is -2.47. The quantitative estimate of drug-likeness (QED) is 0.753. The molecule has 5 rings (SSSR count). The Bertz CT molecular complexity index is 1070. The van der Waals surface area contributed by atoms with E-state index in [-0.39, 0.29) is 18.4 Å². The van der Waals surface area contributed by atoms with Crippen molar-refractivity contribution in [3.63, 3.8) is 0 Å². The molecule has 0 bridgehead atoms. The van der Waals surface area contributed by atoms with E-state index < -0.39 is 23.5 Å². The Morgan fingerprint density at radius 2 is 1.97 bits per heavy atom. The first-order valence-electron chi connectivity index (χ1n) is 10.5. The molecule has 3 aliphatic rings. The van der Waals surface area contributed by atoms with Gasteiger partial charge < -0.3 is 9.73 Å². The second kappa shape index (κ2) is 7.08. The van der Waals surface area contributed by atoms with Gasteiger partial charge in [0, 0.05) is 6.42 Å². The van der Waals surface area contributed by atoms with Crippen LogP contribution < -0.4 is 5.32 Å². The minimum atomic E-state index is -0.918. The van der Waals surface area contributed by atoms with E-state index in [2.05, 4.69) is 10.4 Å². The Morgan fingerprint density at radius 1 is 1.23 bits per heavy atom. The molecule has 2 fully saturated rings. The van der Waals surface area contributed by atoms with Crippen molar-refractivity contribution in [1.29, 1.82) is 0 Å². The van der Waals surface area contributed by atoms with Crippen LogP contribution in [-0.4, -0.2) is 45.5 Å². The van der Waals surface area contributed by atoms with Gasteiger partial charge in [0.25, 0.3) is 11.8 Å². The zero-order chi connectivity index (χ0) is 21.8. The number of benzene rings is 1. The molecule has 1 aliphatic carbocycles. The number of rotatable bonds is 5. The molecular weight excluding hydrogens is 396 g/mol. The minimum absolute atomic E-state index is 0.137. The minimum Gasteiger partial charge on any atom is -0.467 e. The van der Waals surface area contributed by atoms with E-state index in [9.17, 15) is 14.4 Å². The number of hydrogen-bond donors (Lipinski definition) is 1. The molecule has 1 saturated carbocycles. The van der Waals surface area contributed by atoms with Crippen LogP contribution in [0.2, 0.25) is 0 Å². The highest BCUT2D eigenvalue weighted by Gasteiger charge is 2.56. The van der Waals surface area contributed by atoms with Gasteiger partial charge >= 0.3 is 6.03 Å². The molecule has 0 radical (unpaired) electrons. The van der Waals surface area contributed by atoms with Gasteiger partial charge in [0.2, 0.25) is 0 Å². The zero-order valence-corrected chi connectivity index (χ0v) is 17.5.